The average Bonchev–Trinajstić information content (AvgIpc) is 2.44. The molecule has 0 aromatic heterocycles. The number of hydrogen-bond donors (Lipinski definition) is 1. The second kappa shape index (κ2) is 3.10. The highest BCUT2D eigenvalue weighted by molar-refractivity contribution is 6.39. The first-order valence-corrected chi connectivity index (χ1v) is 4.36. The first kappa shape index (κ1) is 10.2. The van der Waals surface area contributed by atoms with Crippen molar-refractivity contribution >= 4 is 23.3 Å². The van der Waals surface area contributed by atoms with Gasteiger partial charge in [0.2, 0.25) is 0 Å². The van der Waals surface area contributed by atoms with Gasteiger partial charge in [-0.15, -0.1) is 11.6 Å². The maximum atomic E-state index is 12.3. The molecule has 0 saturated heterocycles. The van der Waals surface area contributed by atoms with Gasteiger partial charge >= 0.3 is 12.2 Å². The fourth-order valence-corrected chi connectivity index (χ4v) is 1.62. The summed E-state index contributed by atoms with van der Waals surface area (Å²) in [5.74, 6) is 0. The number of hydrogen-bond acceptors (Lipinski definition) is 1. The van der Waals surface area contributed by atoms with Crippen molar-refractivity contribution in [2.75, 3.05) is 0 Å². The lowest BCUT2D eigenvalue weighted by molar-refractivity contribution is -0.0884. The minimum atomic E-state index is -4.47. The molecule has 15 heavy (non-hydrogen) atoms. The summed E-state index contributed by atoms with van der Waals surface area (Å²) < 4.78 is 37.0. The predicted molar refractivity (Wildman–Crippen MR) is 47.8 cm³/mol. The Bertz CT molecular complexity index is 422. The minimum Gasteiger partial charge on any atom is -0.304 e. The van der Waals surface area contributed by atoms with Crippen molar-refractivity contribution in [1.29, 1.82) is 0 Å². The molecule has 0 saturated carbocycles. The van der Waals surface area contributed by atoms with Gasteiger partial charge in [-0.3, -0.25) is 0 Å². The molecule has 2 amide bonds. The highest BCUT2D eigenvalue weighted by Gasteiger charge is 2.38. The maximum Gasteiger partial charge on any atom is 0.416 e. The molecule has 1 atom stereocenters. The summed E-state index contributed by atoms with van der Waals surface area (Å²) in [6.07, 6.45) is -2.83. The van der Waals surface area contributed by atoms with Crippen LogP contribution < -0.4 is 5.32 Å². The minimum absolute atomic E-state index is 0.0230. The van der Waals surface area contributed by atoms with Gasteiger partial charge in [-0.2, -0.15) is 18.2 Å². The van der Waals surface area contributed by atoms with Gasteiger partial charge in [-0.1, -0.05) is 0 Å². The number of rotatable bonds is 0. The van der Waals surface area contributed by atoms with Gasteiger partial charge in [0, 0.05) is 0 Å². The van der Waals surface area contributed by atoms with Gasteiger partial charge in [0.05, 0.1) is 22.4 Å². The van der Waals surface area contributed by atoms with E-state index < -0.39 is 23.2 Å². The Morgan fingerprint density at radius 3 is 2.73 bits per heavy atom. The molecule has 2 aliphatic rings. The van der Waals surface area contributed by atoms with E-state index in [0.29, 0.717) is 0 Å². The number of carbonyl (C=O) groups is 1. The second-order valence-corrected chi connectivity index (χ2v) is 3.48. The van der Waals surface area contributed by atoms with Crippen molar-refractivity contribution in [3.05, 3.63) is 23.4 Å². The van der Waals surface area contributed by atoms with Crippen LogP contribution in [0.15, 0.2) is 28.4 Å². The fraction of sp³-hybridized carbons (Fsp3) is 0.250. The summed E-state index contributed by atoms with van der Waals surface area (Å²) in [4.78, 5) is 14.3. The molecular weight excluding hydrogens is 233 g/mol. The quantitative estimate of drug-likeness (QED) is 0.644. The molecule has 80 valence electrons. The summed E-state index contributed by atoms with van der Waals surface area (Å²) >= 11 is 5.64. The molecule has 0 radical (unpaired) electrons. The summed E-state index contributed by atoms with van der Waals surface area (Å²) in [5.41, 5.74) is -0.719. The van der Waals surface area contributed by atoms with Gasteiger partial charge in [0.15, 0.2) is 0 Å². The molecular formula is C8H4ClF3N2O. The van der Waals surface area contributed by atoms with Gasteiger partial charge in [-0.25, -0.2) is 4.79 Å². The Morgan fingerprint density at radius 2 is 2.13 bits per heavy atom. The molecule has 2 rings (SSSR count). The van der Waals surface area contributed by atoms with E-state index in [2.05, 4.69) is 10.3 Å². The summed E-state index contributed by atoms with van der Waals surface area (Å²) in [6, 6.07) is -0.696. The number of fused-ring (bicyclic) bond motifs is 1. The van der Waals surface area contributed by atoms with Crippen LogP contribution in [0.2, 0.25) is 0 Å². The Hall–Kier alpha value is -1.30. The molecule has 1 N–H and O–H groups in total. The Labute approximate surface area is 87.3 Å². The van der Waals surface area contributed by atoms with E-state index in [1.54, 1.807) is 0 Å². The molecule has 0 spiro atoms. The summed E-state index contributed by atoms with van der Waals surface area (Å²) in [6.45, 7) is 0. The number of nitrogens with one attached hydrogen (secondary N) is 1. The number of carbonyl (C=O) groups excluding carboxylic acids is 1. The largest absolute Gasteiger partial charge is 0.416 e. The molecule has 0 bridgehead atoms. The van der Waals surface area contributed by atoms with Gasteiger partial charge < -0.3 is 5.32 Å². The van der Waals surface area contributed by atoms with E-state index in [1.807, 2.05) is 0 Å². The Balaban J connectivity index is 2.41. The van der Waals surface area contributed by atoms with Crippen LogP contribution in [-0.2, 0) is 0 Å². The lowest BCUT2D eigenvalue weighted by Crippen LogP contribution is -2.26. The van der Waals surface area contributed by atoms with Crippen LogP contribution >= 0.6 is 11.6 Å². The van der Waals surface area contributed by atoms with Crippen LogP contribution in [0.4, 0.5) is 18.0 Å². The predicted octanol–water partition coefficient (Wildman–Crippen LogP) is 2.14. The Morgan fingerprint density at radius 1 is 1.47 bits per heavy atom. The van der Waals surface area contributed by atoms with Crippen LogP contribution in [0.3, 0.4) is 0 Å². The topological polar surface area (TPSA) is 41.5 Å². The third-order valence-electron chi connectivity index (χ3n) is 1.95. The number of halogens is 4. The number of nitrogens with zero attached hydrogens (tertiary/aromatic N) is 1. The molecule has 0 aromatic rings. The molecule has 7 heteroatoms. The van der Waals surface area contributed by atoms with Crippen LogP contribution in [-0.4, -0.2) is 23.3 Å². The highest BCUT2D eigenvalue weighted by atomic mass is 35.5. The molecule has 3 nitrogen and oxygen atoms in total. The number of urea groups is 1. The van der Waals surface area contributed by atoms with Gasteiger partial charge in [0.25, 0.3) is 0 Å². The molecule has 1 heterocycles. The lowest BCUT2D eigenvalue weighted by Gasteiger charge is -2.17. The summed E-state index contributed by atoms with van der Waals surface area (Å²) in [5, 5.41) is 1.15. The van der Waals surface area contributed by atoms with Crippen LogP contribution in [0, 0.1) is 0 Å². The van der Waals surface area contributed by atoms with E-state index in [1.165, 1.54) is 0 Å². The van der Waals surface area contributed by atoms with Crippen molar-refractivity contribution in [3.8, 4) is 0 Å². The zero-order valence-electron chi connectivity index (χ0n) is 7.10. The van der Waals surface area contributed by atoms with E-state index in [0.717, 1.165) is 12.2 Å². The zero-order chi connectivity index (χ0) is 11.2. The first-order valence-electron chi connectivity index (χ1n) is 3.92. The van der Waals surface area contributed by atoms with Gasteiger partial charge in [0.1, 0.15) is 0 Å². The number of amides is 2. The SMILES string of the molecule is O=C1N=C2C(=CC(C(F)(F)F)=CC2Cl)N1. The van der Waals surface area contributed by atoms with E-state index in [9.17, 15) is 18.0 Å². The zero-order valence-corrected chi connectivity index (χ0v) is 7.86. The third kappa shape index (κ3) is 1.77. The Kier molecular flexibility index (Phi) is 2.11. The van der Waals surface area contributed by atoms with Gasteiger partial charge in [-0.05, 0) is 12.2 Å². The highest BCUT2D eigenvalue weighted by Crippen LogP contribution is 2.32. The van der Waals surface area contributed by atoms with Crippen LogP contribution in [0.5, 0.6) is 0 Å². The average molecular weight is 237 g/mol. The molecule has 0 aromatic carbocycles. The van der Waals surface area contributed by atoms with Crippen LogP contribution in [0.1, 0.15) is 0 Å². The number of alkyl halides is 4. The lowest BCUT2D eigenvalue weighted by atomic mass is 10.0. The van der Waals surface area contributed by atoms with Crippen molar-refractivity contribution < 1.29 is 18.0 Å². The molecule has 1 aliphatic heterocycles. The fourth-order valence-electron chi connectivity index (χ4n) is 1.31. The third-order valence-corrected chi connectivity index (χ3v) is 2.29. The number of allylic oxidation sites excluding steroid dienone is 4. The number of aliphatic imine (C=N–C) groups is 1. The summed E-state index contributed by atoms with van der Waals surface area (Å²) in [7, 11) is 0. The van der Waals surface area contributed by atoms with E-state index in [4.69, 9.17) is 11.6 Å². The van der Waals surface area contributed by atoms with Crippen molar-refractivity contribution in [3.63, 3.8) is 0 Å². The standard InChI is InChI=1S/C8H4ClF3N2O/c9-4-1-3(8(10,11)12)2-5-6(4)14-7(15)13-5/h1-2,4H,(H,13,15). The van der Waals surface area contributed by atoms with Crippen molar-refractivity contribution in [1.82, 2.24) is 5.32 Å². The second-order valence-electron chi connectivity index (χ2n) is 3.01. The first-order chi connectivity index (χ1) is 6.88. The normalized spacial score (nSPS) is 25.2. The van der Waals surface area contributed by atoms with Crippen LogP contribution in [0.25, 0.3) is 0 Å². The van der Waals surface area contributed by atoms with E-state index >= 15 is 0 Å². The van der Waals surface area contributed by atoms with Crippen molar-refractivity contribution in [2.45, 2.75) is 11.6 Å². The smallest absolute Gasteiger partial charge is 0.304 e. The maximum absolute atomic E-state index is 12.3. The molecule has 0 fully saturated rings. The monoisotopic (exact) mass is 236 g/mol. The molecule has 1 unspecified atom stereocenters. The van der Waals surface area contributed by atoms with E-state index in [-0.39, 0.29) is 11.4 Å². The van der Waals surface area contributed by atoms with Crippen molar-refractivity contribution in [2.24, 2.45) is 4.99 Å². The molecule has 1 aliphatic carbocycles.